The van der Waals surface area contributed by atoms with Crippen molar-refractivity contribution in [3.63, 3.8) is 0 Å². The van der Waals surface area contributed by atoms with Crippen LogP contribution in [0.2, 0.25) is 0 Å². The van der Waals surface area contributed by atoms with E-state index in [-0.39, 0.29) is 5.69 Å². The van der Waals surface area contributed by atoms with Crippen molar-refractivity contribution in [2.45, 2.75) is 31.7 Å². The van der Waals surface area contributed by atoms with Crippen LogP contribution in [0.1, 0.15) is 18.1 Å². The summed E-state index contributed by atoms with van der Waals surface area (Å²) in [5.41, 5.74) is 0.888. The van der Waals surface area contributed by atoms with Gasteiger partial charge in [-0.2, -0.15) is 0 Å². The quantitative estimate of drug-likeness (QED) is 0.422. The van der Waals surface area contributed by atoms with Crippen LogP contribution < -0.4 is 4.31 Å². The molecule has 26 heavy (non-hydrogen) atoms. The summed E-state index contributed by atoms with van der Waals surface area (Å²) in [7, 11) is -4.43. The van der Waals surface area contributed by atoms with Crippen molar-refractivity contribution in [1.82, 2.24) is 0 Å². The molecule has 0 N–H and O–H groups in total. The topological polar surface area (TPSA) is 97.6 Å². The number of anilines is 1. The summed E-state index contributed by atoms with van der Waals surface area (Å²) in [5.74, 6) is 0. The Hall–Kier alpha value is -2.45. The normalized spacial score (nSPS) is 12.5. The maximum Gasteiger partial charge on any atom is 0.289 e. The number of carbonyl (C=O) groups excluding carboxylic acids is 1. The first-order valence-corrected chi connectivity index (χ1v) is 9.44. The van der Waals surface area contributed by atoms with E-state index in [0.717, 1.165) is 16.4 Å². The first-order valence-electron chi connectivity index (χ1n) is 7.62. The van der Waals surface area contributed by atoms with Gasteiger partial charge >= 0.3 is 0 Å². The second kappa shape index (κ2) is 7.43. The highest BCUT2D eigenvalue weighted by atomic mass is 35.5. The fourth-order valence-corrected chi connectivity index (χ4v) is 4.76. The second-order valence-corrected chi connectivity index (χ2v) is 7.90. The van der Waals surface area contributed by atoms with Gasteiger partial charge in [-0.25, -0.2) is 8.42 Å². The molecule has 0 fully saturated rings. The van der Waals surface area contributed by atoms with Crippen molar-refractivity contribution < 1.29 is 18.1 Å². The summed E-state index contributed by atoms with van der Waals surface area (Å²) in [5, 5.41) is 10.4. The number of hydrogen-bond acceptors (Lipinski definition) is 5. The lowest BCUT2D eigenvalue weighted by Gasteiger charge is -2.30. The summed E-state index contributed by atoms with van der Waals surface area (Å²) in [6.07, 6.45) is 0. The smallest absolute Gasteiger partial charge is 0.279 e. The Kier molecular flexibility index (Phi) is 5.68. The van der Waals surface area contributed by atoms with Gasteiger partial charge in [0.1, 0.15) is 6.04 Å². The SMILES string of the molecule is Cc1cccc(C)c1N(C(C)C(=O)Cl)S(=O)(=O)c1ccccc1[N+](=O)[O-]. The molecule has 138 valence electrons. The van der Waals surface area contributed by atoms with E-state index >= 15 is 0 Å². The van der Waals surface area contributed by atoms with Crippen molar-refractivity contribution in [3.05, 3.63) is 63.7 Å². The summed E-state index contributed by atoms with van der Waals surface area (Å²) < 4.78 is 27.5. The molecule has 0 heterocycles. The molecule has 0 bridgehead atoms. The van der Waals surface area contributed by atoms with Gasteiger partial charge in [0.15, 0.2) is 4.90 Å². The van der Waals surface area contributed by atoms with E-state index in [0.29, 0.717) is 11.1 Å². The maximum atomic E-state index is 13.3. The van der Waals surface area contributed by atoms with Crippen LogP contribution in [0, 0.1) is 24.0 Å². The molecule has 9 heteroatoms. The molecule has 0 aliphatic heterocycles. The van der Waals surface area contributed by atoms with E-state index in [1.165, 1.54) is 19.1 Å². The lowest BCUT2D eigenvalue weighted by molar-refractivity contribution is -0.387. The number of nitrogens with zero attached hydrogens (tertiary/aromatic N) is 2. The average Bonchev–Trinajstić information content (AvgIpc) is 2.57. The third-order valence-electron chi connectivity index (χ3n) is 3.94. The number of nitro benzene ring substituents is 1. The van der Waals surface area contributed by atoms with Gasteiger partial charge in [0.05, 0.1) is 10.6 Å². The molecule has 0 saturated carbocycles. The summed E-state index contributed by atoms with van der Waals surface area (Å²) >= 11 is 5.59. The molecule has 1 unspecified atom stereocenters. The number of carbonyl (C=O) groups is 1. The Bertz CT molecular complexity index is 955. The molecule has 2 aromatic carbocycles. The first kappa shape index (κ1) is 19.9. The average molecular weight is 397 g/mol. The monoisotopic (exact) mass is 396 g/mol. The van der Waals surface area contributed by atoms with E-state index in [1.54, 1.807) is 32.0 Å². The van der Waals surface area contributed by atoms with E-state index in [2.05, 4.69) is 0 Å². The van der Waals surface area contributed by atoms with E-state index in [9.17, 15) is 23.3 Å². The molecule has 0 radical (unpaired) electrons. The molecule has 7 nitrogen and oxygen atoms in total. The minimum absolute atomic E-state index is 0.271. The number of rotatable bonds is 6. The lowest BCUT2D eigenvalue weighted by Crippen LogP contribution is -2.43. The van der Waals surface area contributed by atoms with Gasteiger partial charge in [0, 0.05) is 6.07 Å². The number of sulfonamides is 1. The Labute approximate surface area is 156 Å². The van der Waals surface area contributed by atoms with Crippen LogP contribution in [0.5, 0.6) is 0 Å². The van der Waals surface area contributed by atoms with Gasteiger partial charge < -0.3 is 0 Å². The number of halogens is 1. The number of hydrogen-bond donors (Lipinski definition) is 0. The molecule has 2 aromatic rings. The van der Waals surface area contributed by atoms with E-state index in [1.807, 2.05) is 0 Å². The number of nitro groups is 1. The highest BCUT2D eigenvalue weighted by Crippen LogP contribution is 2.35. The zero-order valence-electron chi connectivity index (χ0n) is 14.3. The van der Waals surface area contributed by atoms with E-state index < -0.39 is 36.8 Å². The Morgan fingerprint density at radius 1 is 1.12 bits per heavy atom. The Balaban J connectivity index is 2.83. The van der Waals surface area contributed by atoms with Crippen LogP contribution >= 0.6 is 11.6 Å². The second-order valence-electron chi connectivity index (χ2n) is 5.75. The van der Waals surface area contributed by atoms with Gasteiger partial charge in [0.25, 0.3) is 15.7 Å². The van der Waals surface area contributed by atoms with Crippen LogP contribution in [0.15, 0.2) is 47.4 Å². The van der Waals surface area contributed by atoms with Crippen LogP contribution in [-0.4, -0.2) is 24.6 Å². The van der Waals surface area contributed by atoms with Crippen molar-refractivity contribution >= 4 is 38.2 Å². The molecule has 2 rings (SSSR count). The molecule has 0 saturated heterocycles. The Morgan fingerprint density at radius 3 is 2.15 bits per heavy atom. The molecule has 0 aromatic heterocycles. The maximum absolute atomic E-state index is 13.3. The minimum Gasteiger partial charge on any atom is -0.279 e. The molecular weight excluding hydrogens is 380 g/mol. The van der Waals surface area contributed by atoms with Crippen LogP contribution in [0.3, 0.4) is 0 Å². The highest BCUT2D eigenvalue weighted by molar-refractivity contribution is 7.93. The molecule has 0 spiro atoms. The van der Waals surface area contributed by atoms with Gasteiger partial charge in [-0.05, 0) is 49.6 Å². The zero-order valence-corrected chi connectivity index (χ0v) is 15.9. The Morgan fingerprint density at radius 2 is 1.65 bits per heavy atom. The third kappa shape index (κ3) is 3.56. The minimum atomic E-state index is -4.43. The van der Waals surface area contributed by atoms with Crippen molar-refractivity contribution in [2.75, 3.05) is 4.31 Å². The highest BCUT2D eigenvalue weighted by Gasteiger charge is 2.38. The summed E-state index contributed by atoms with van der Waals surface area (Å²) in [6, 6.07) is 8.87. The molecular formula is C17H17ClN2O5S. The third-order valence-corrected chi connectivity index (χ3v) is 6.17. The van der Waals surface area contributed by atoms with Gasteiger partial charge in [-0.3, -0.25) is 19.2 Å². The van der Waals surface area contributed by atoms with E-state index in [4.69, 9.17) is 11.6 Å². The lowest BCUT2D eigenvalue weighted by atomic mass is 10.1. The molecule has 1 atom stereocenters. The molecule has 0 aliphatic rings. The van der Waals surface area contributed by atoms with Crippen LogP contribution in [0.4, 0.5) is 11.4 Å². The van der Waals surface area contributed by atoms with Crippen molar-refractivity contribution in [1.29, 1.82) is 0 Å². The first-order chi connectivity index (χ1) is 12.1. The van der Waals surface area contributed by atoms with Gasteiger partial charge in [-0.1, -0.05) is 30.3 Å². The summed E-state index contributed by atoms with van der Waals surface area (Å²) in [4.78, 5) is 21.8. The zero-order chi connectivity index (χ0) is 19.6. The number of para-hydroxylation sites is 2. The standard InChI is InChI=1S/C17H17ClN2O5S/c1-11-7-6-8-12(2)16(11)19(13(3)17(18)21)26(24,25)15-10-5-4-9-14(15)20(22)23/h4-10,13H,1-3H3. The number of aryl methyl sites for hydroxylation is 2. The number of benzene rings is 2. The van der Waals surface area contributed by atoms with Crippen molar-refractivity contribution in [3.8, 4) is 0 Å². The van der Waals surface area contributed by atoms with Crippen LogP contribution in [0.25, 0.3) is 0 Å². The van der Waals surface area contributed by atoms with Gasteiger partial charge in [-0.15, -0.1) is 0 Å². The van der Waals surface area contributed by atoms with Crippen LogP contribution in [-0.2, 0) is 14.8 Å². The molecule has 0 amide bonds. The predicted molar refractivity (Wildman–Crippen MR) is 99.0 cm³/mol. The predicted octanol–water partition coefficient (Wildman–Crippen LogP) is 3.56. The summed E-state index contributed by atoms with van der Waals surface area (Å²) in [6.45, 7) is 4.72. The largest absolute Gasteiger partial charge is 0.289 e. The fourth-order valence-electron chi connectivity index (χ4n) is 2.70. The van der Waals surface area contributed by atoms with Crippen molar-refractivity contribution in [2.24, 2.45) is 0 Å². The molecule has 0 aliphatic carbocycles. The fraction of sp³-hybridized carbons (Fsp3) is 0.235. The van der Waals surface area contributed by atoms with Gasteiger partial charge in [0.2, 0.25) is 5.24 Å².